The van der Waals surface area contributed by atoms with E-state index in [9.17, 15) is 0 Å². The summed E-state index contributed by atoms with van der Waals surface area (Å²) >= 11 is 0. The van der Waals surface area contributed by atoms with Gasteiger partial charge in [-0.25, -0.2) is 9.97 Å². The van der Waals surface area contributed by atoms with Crippen molar-refractivity contribution in [1.29, 1.82) is 0 Å². The standard InChI is InChI=1S/C22H26N4O/c1-16(2)27-20-12-8-7-11-19(20)26-22-15-21(24-17(3)25-22)23-14-13-18-9-5-4-6-10-18/h4-12,15-16H,13-14H2,1-3H3,(H2,23,24,25,26). The summed E-state index contributed by atoms with van der Waals surface area (Å²) in [6.07, 6.45) is 1.05. The first-order valence-corrected chi connectivity index (χ1v) is 9.26. The first-order chi connectivity index (χ1) is 13.1. The van der Waals surface area contributed by atoms with Gasteiger partial charge in [0, 0.05) is 12.6 Å². The molecule has 0 bridgehead atoms. The number of anilines is 3. The van der Waals surface area contributed by atoms with Crippen LogP contribution in [0.25, 0.3) is 0 Å². The lowest BCUT2D eigenvalue weighted by Crippen LogP contribution is -2.09. The van der Waals surface area contributed by atoms with Gasteiger partial charge in [0.15, 0.2) is 0 Å². The summed E-state index contributed by atoms with van der Waals surface area (Å²) in [7, 11) is 0. The molecule has 0 atom stereocenters. The minimum absolute atomic E-state index is 0.107. The molecule has 0 saturated heterocycles. The maximum absolute atomic E-state index is 5.87. The van der Waals surface area contributed by atoms with Crippen molar-refractivity contribution in [3.63, 3.8) is 0 Å². The zero-order valence-corrected chi connectivity index (χ0v) is 16.1. The van der Waals surface area contributed by atoms with E-state index in [0.29, 0.717) is 5.82 Å². The molecule has 3 rings (SSSR count). The lowest BCUT2D eigenvalue weighted by molar-refractivity contribution is 0.244. The van der Waals surface area contributed by atoms with E-state index in [2.05, 4.69) is 44.9 Å². The van der Waals surface area contributed by atoms with E-state index in [-0.39, 0.29) is 6.10 Å². The molecule has 0 amide bonds. The molecule has 1 heterocycles. The molecule has 0 aliphatic carbocycles. The van der Waals surface area contributed by atoms with Crippen LogP contribution in [0, 0.1) is 6.92 Å². The average Bonchev–Trinajstić information content (AvgIpc) is 2.63. The highest BCUT2D eigenvalue weighted by molar-refractivity contribution is 5.65. The van der Waals surface area contributed by atoms with Gasteiger partial charge < -0.3 is 15.4 Å². The molecular formula is C22H26N4O. The monoisotopic (exact) mass is 362 g/mol. The van der Waals surface area contributed by atoms with E-state index >= 15 is 0 Å². The van der Waals surface area contributed by atoms with Gasteiger partial charge in [-0.3, -0.25) is 0 Å². The van der Waals surface area contributed by atoms with Crippen LogP contribution in [-0.4, -0.2) is 22.6 Å². The second-order valence-electron chi connectivity index (χ2n) is 6.64. The number of aromatic nitrogens is 2. The van der Waals surface area contributed by atoms with E-state index in [1.165, 1.54) is 5.56 Å². The average molecular weight is 362 g/mol. The Labute approximate surface area is 160 Å². The smallest absolute Gasteiger partial charge is 0.143 e. The molecule has 140 valence electrons. The number of rotatable bonds is 8. The summed E-state index contributed by atoms with van der Waals surface area (Å²) in [5.41, 5.74) is 2.19. The summed E-state index contributed by atoms with van der Waals surface area (Å²) in [5, 5.41) is 6.74. The molecule has 3 aromatic rings. The van der Waals surface area contributed by atoms with Crippen LogP contribution in [0.15, 0.2) is 60.7 Å². The van der Waals surface area contributed by atoms with Crippen LogP contribution in [-0.2, 0) is 6.42 Å². The van der Waals surface area contributed by atoms with E-state index < -0.39 is 0 Å². The van der Waals surface area contributed by atoms with Gasteiger partial charge in [0.05, 0.1) is 11.8 Å². The van der Waals surface area contributed by atoms with Gasteiger partial charge in [0.2, 0.25) is 0 Å². The highest BCUT2D eigenvalue weighted by Gasteiger charge is 2.08. The Morgan fingerprint density at radius 3 is 2.41 bits per heavy atom. The summed E-state index contributed by atoms with van der Waals surface area (Å²) in [5.74, 6) is 3.07. The van der Waals surface area contributed by atoms with Crippen molar-refractivity contribution in [1.82, 2.24) is 9.97 Å². The van der Waals surface area contributed by atoms with Crippen molar-refractivity contribution in [2.75, 3.05) is 17.2 Å². The molecule has 2 aromatic carbocycles. The van der Waals surface area contributed by atoms with Crippen LogP contribution in [0.3, 0.4) is 0 Å². The molecule has 5 heteroatoms. The molecule has 0 unspecified atom stereocenters. The molecule has 5 nitrogen and oxygen atoms in total. The van der Waals surface area contributed by atoms with Crippen LogP contribution in [0.5, 0.6) is 5.75 Å². The third-order valence-corrected chi connectivity index (χ3v) is 3.91. The van der Waals surface area contributed by atoms with Crippen LogP contribution < -0.4 is 15.4 Å². The predicted molar refractivity (Wildman–Crippen MR) is 111 cm³/mol. The molecule has 0 radical (unpaired) electrons. The summed E-state index contributed by atoms with van der Waals surface area (Å²) in [6, 6.07) is 20.2. The van der Waals surface area contributed by atoms with Crippen LogP contribution in [0.2, 0.25) is 0 Å². The molecule has 27 heavy (non-hydrogen) atoms. The fourth-order valence-electron chi connectivity index (χ4n) is 2.77. The van der Waals surface area contributed by atoms with Crippen molar-refractivity contribution in [3.8, 4) is 5.75 Å². The quantitative estimate of drug-likeness (QED) is 0.592. The second-order valence-corrected chi connectivity index (χ2v) is 6.64. The second kappa shape index (κ2) is 9.03. The first kappa shape index (κ1) is 18.7. The Hall–Kier alpha value is -3.08. The SMILES string of the molecule is Cc1nc(NCCc2ccccc2)cc(Nc2ccccc2OC(C)C)n1. The number of nitrogens with zero attached hydrogens (tertiary/aromatic N) is 2. The Morgan fingerprint density at radius 1 is 0.926 bits per heavy atom. The van der Waals surface area contributed by atoms with Crippen molar-refractivity contribution in [3.05, 3.63) is 72.1 Å². The van der Waals surface area contributed by atoms with Gasteiger partial charge in [-0.1, -0.05) is 42.5 Å². The number of aryl methyl sites for hydroxylation is 1. The number of benzene rings is 2. The predicted octanol–water partition coefficient (Wildman–Crippen LogP) is 4.97. The van der Waals surface area contributed by atoms with Gasteiger partial charge in [-0.15, -0.1) is 0 Å². The summed E-state index contributed by atoms with van der Waals surface area (Å²) in [4.78, 5) is 8.98. The number of para-hydroxylation sites is 2. The van der Waals surface area contributed by atoms with E-state index in [0.717, 1.165) is 36.0 Å². The third-order valence-electron chi connectivity index (χ3n) is 3.91. The maximum Gasteiger partial charge on any atom is 0.143 e. The number of ether oxygens (including phenoxy) is 1. The van der Waals surface area contributed by atoms with Crippen molar-refractivity contribution in [2.45, 2.75) is 33.3 Å². The van der Waals surface area contributed by atoms with Crippen LogP contribution >= 0.6 is 0 Å². The van der Waals surface area contributed by atoms with Crippen molar-refractivity contribution < 1.29 is 4.74 Å². The molecular weight excluding hydrogens is 336 g/mol. The first-order valence-electron chi connectivity index (χ1n) is 9.26. The summed E-state index contributed by atoms with van der Waals surface area (Å²) < 4.78 is 5.87. The van der Waals surface area contributed by atoms with Gasteiger partial charge in [0.1, 0.15) is 23.2 Å². The Morgan fingerprint density at radius 2 is 1.63 bits per heavy atom. The lowest BCUT2D eigenvalue weighted by atomic mass is 10.1. The highest BCUT2D eigenvalue weighted by Crippen LogP contribution is 2.28. The fourth-order valence-corrected chi connectivity index (χ4v) is 2.77. The normalized spacial score (nSPS) is 10.7. The van der Waals surface area contributed by atoms with Crippen molar-refractivity contribution in [2.24, 2.45) is 0 Å². The van der Waals surface area contributed by atoms with Gasteiger partial charge >= 0.3 is 0 Å². The molecule has 0 aliphatic rings. The lowest BCUT2D eigenvalue weighted by Gasteiger charge is -2.16. The van der Waals surface area contributed by atoms with Gasteiger partial charge in [-0.05, 0) is 44.9 Å². The van der Waals surface area contributed by atoms with E-state index in [4.69, 9.17) is 4.74 Å². The van der Waals surface area contributed by atoms with Gasteiger partial charge in [-0.2, -0.15) is 0 Å². The fraction of sp³-hybridized carbons (Fsp3) is 0.273. The summed E-state index contributed by atoms with van der Waals surface area (Å²) in [6.45, 7) is 6.73. The van der Waals surface area contributed by atoms with Crippen LogP contribution in [0.4, 0.5) is 17.3 Å². The molecule has 0 spiro atoms. The van der Waals surface area contributed by atoms with Gasteiger partial charge in [0.25, 0.3) is 0 Å². The number of hydrogen-bond acceptors (Lipinski definition) is 5. The molecule has 0 aliphatic heterocycles. The topological polar surface area (TPSA) is 59.1 Å². The zero-order chi connectivity index (χ0) is 19.1. The Kier molecular flexibility index (Phi) is 6.26. The van der Waals surface area contributed by atoms with Crippen LogP contribution in [0.1, 0.15) is 25.2 Å². The molecule has 1 aromatic heterocycles. The Balaban J connectivity index is 1.68. The number of nitrogens with one attached hydrogen (secondary N) is 2. The largest absolute Gasteiger partial charge is 0.489 e. The maximum atomic E-state index is 5.87. The molecule has 0 saturated carbocycles. The minimum atomic E-state index is 0.107. The van der Waals surface area contributed by atoms with E-state index in [1.807, 2.05) is 57.2 Å². The number of hydrogen-bond donors (Lipinski definition) is 2. The highest BCUT2D eigenvalue weighted by atomic mass is 16.5. The minimum Gasteiger partial charge on any atom is -0.489 e. The molecule has 0 fully saturated rings. The third kappa shape index (κ3) is 5.71. The van der Waals surface area contributed by atoms with Crippen molar-refractivity contribution >= 4 is 17.3 Å². The molecule has 2 N–H and O–H groups in total. The Bertz CT molecular complexity index is 865. The van der Waals surface area contributed by atoms with E-state index in [1.54, 1.807) is 0 Å². The zero-order valence-electron chi connectivity index (χ0n) is 16.1.